The van der Waals surface area contributed by atoms with Gasteiger partial charge in [0.1, 0.15) is 17.3 Å². The summed E-state index contributed by atoms with van der Waals surface area (Å²) < 4.78 is 48.4. The van der Waals surface area contributed by atoms with Gasteiger partial charge in [0.15, 0.2) is 0 Å². The van der Waals surface area contributed by atoms with Crippen molar-refractivity contribution in [2.24, 2.45) is 5.11 Å². The Hall–Kier alpha value is -3.37. The van der Waals surface area contributed by atoms with Crippen LogP contribution in [0.3, 0.4) is 0 Å². The van der Waals surface area contributed by atoms with Crippen LogP contribution in [0.25, 0.3) is 21.8 Å². The summed E-state index contributed by atoms with van der Waals surface area (Å²) in [6.45, 7) is 3.25. The molecule has 0 aliphatic heterocycles. The van der Waals surface area contributed by atoms with Gasteiger partial charge in [-0.3, -0.25) is 10.1 Å². The molecule has 2 heterocycles. The third-order valence-corrected chi connectivity index (χ3v) is 4.72. The van der Waals surface area contributed by atoms with E-state index in [4.69, 9.17) is 9.95 Å². The number of aryl methyl sites for hydroxylation is 1. The average Bonchev–Trinajstić information content (AvgIpc) is 3.27. The summed E-state index contributed by atoms with van der Waals surface area (Å²) in [4.78, 5) is 19.4. The largest absolute Gasteiger partial charge is 0.461 e. The number of halogens is 3. The van der Waals surface area contributed by atoms with Crippen LogP contribution in [0.2, 0.25) is 0 Å². The second-order valence-electron chi connectivity index (χ2n) is 6.39. The molecule has 0 saturated carbocycles. The van der Waals surface area contributed by atoms with E-state index in [1.807, 2.05) is 0 Å². The molecule has 1 atom stereocenters. The molecule has 1 aromatic carbocycles. The number of rotatable bonds is 6. The van der Waals surface area contributed by atoms with Gasteiger partial charge < -0.3 is 4.42 Å². The standard InChI is InChI=1S/C18H15F3N6O2S/c1-9(25-27-22)6-15-23-17(30-26-15)24-16(28)13-8-14(29-10(13)2)11-4-3-5-12(7-11)18(19,20)21/h3-5,7-9H,6H2,1-2H3,(H,23,24,26,28). The molecule has 0 saturated heterocycles. The van der Waals surface area contributed by atoms with Gasteiger partial charge >= 0.3 is 6.18 Å². The molecule has 0 fully saturated rings. The summed E-state index contributed by atoms with van der Waals surface area (Å²) in [5.41, 5.74) is 7.99. The summed E-state index contributed by atoms with van der Waals surface area (Å²) in [5.74, 6) is 0.288. The van der Waals surface area contributed by atoms with E-state index in [0.29, 0.717) is 12.2 Å². The van der Waals surface area contributed by atoms with E-state index in [2.05, 4.69) is 24.7 Å². The van der Waals surface area contributed by atoms with E-state index < -0.39 is 17.6 Å². The van der Waals surface area contributed by atoms with E-state index in [0.717, 1.165) is 23.7 Å². The maximum atomic E-state index is 12.9. The van der Waals surface area contributed by atoms with Crippen LogP contribution in [-0.4, -0.2) is 21.3 Å². The molecule has 3 rings (SSSR count). The Kier molecular flexibility index (Phi) is 6.09. The topological polar surface area (TPSA) is 117 Å². The molecular formula is C18H15F3N6O2S. The van der Waals surface area contributed by atoms with Crippen molar-refractivity contribution >= 4 is 22.6 Å². The minimum atomic E-state index is -4.48. The number of benzene rings is 1. The first-order chi connectivity index (χ1) is 14.2. The number of hydrogen-bond donors (Lipinski definition) is 1. The number of nitrogens with zero attached hydrogens (tertiary/aromatic N) is 5. The molecule has 0 radical (unpaired) electrons. The lowest BCUT2D eigenvalue weighted by Gasteiger charge is -2.07. The summed E-state index contributed by atoms with van der Waals surface area (Å²) in [5, 5.41) is 6.36. The van der Waals surface area contributed by atoms with Gasteiger partial charge in [0, 0.05) is 34.5 Å². The fraction of sp³-hybridized carbons (Fsp3) is 0.278. The molecule has 0 aliphatic rings. The van der Waals surface area contributed by atoms with Crippen LogP contribution in [0.5, 0.6) is 0 Å². The predicted molar refractivity (Wildman–Crippen MR) is 104 cm³/mol. The molecule has 3 aromatic rings. The first-order valence-corrected chi connectivity index (χ1v) is 9.41. The Balaban J connectivity index is 1.77. The second-order valence-corrected chi connectivity index (χ2v) is 7.14. The SMILES string of the molecule is Cc1oc(-c2cccc(C(F)(F)F)c2)cc1C(=O)Nc1nc(CC(C)N=[N+]=[N-])ns1. The normalized spacial score (nSPS) is 12.3. The number of furan rings is 1. The molecule has 0 aliphatic carbocycles. The number of carbonyl (C=O) groups excluding carboxylic acids is 1. The third-order valence-electron chi connectivity index (χ3n) is 4.05. The molecule has 1 unspecified atom stereocenters. The lowest BCUT2D eigenvalue weighted by atomic mass is 10.1. The van der Waals surface area contributed by atoms with Crippen molar-refractivity contribution in [3.05, 3.63) is 63.5 Å². The zero-order valence-corrected chi connectivity index (χ0v) is 16.6. The molecule has 0 bridgehead atoms. The van der Waals surface area contributed by atoms with Crippen LogP contribution >= 0.6 is 11.5 Å². The van der Waals surface area contributed by atoms with Crippen molar-refractivity contribution in [3.8, 4) is 11.3 Å². The number of anilines is 1. The quantitative estimate of drug-likeness (QED) is 0.307. The highest BCUT2D eigenvalue weighted by atomic mass is 32.1. The monoisotopic (exact) mass is 436 g/mol. The van der Waals surface area contributed by atoms with Gasteiger partial charge in [-0.2, -0.15) is 17.5 Å². The fourth-order valence-corrected chi connectivity index (χ4v) is 3.24. The van der Waals surface area contributed by atoms with Crippen LogP contribution in [-0.2, 0) is 12.6 Å². The van der Waals surface area contributed by atoms with Crippen LogP contribution < -0.4 is 5.32 Å². The number of azide groups is 1. The summed E-state index contributed by atoms with van der Waals surface area (Å²) >= 11 is 0.963. The lowest BCUT2D eigenvalue weighted by molar-refractivity contribution is -0.137. The molecule has 156 valence electrons. The zero-order chi connectivity index (χ0) is 21.9. The van der Waals surface area contributed by atoms with Gasteiger partial charge in [-0.15, -0.1) is 0 Å². The molecule has 30 heavy (non-hydrogen) atoms. The maximum Gasteiger partial charge on any atom is 0.416 e. The fourth-order valence-electron chi connectivity index (χ4n) is 2.64. The van der Waals surface area contributed by atoms with Crippen LogP contribution in [0.15, 0.2) is 39.9 Å². The minimum Gasteiger partial charge on any atom is -0.461 e. The summed E-state index contributed by atoms with van der Waals surface area (Å²) in [6, 6.07) is 5.71. The maximum absolute atomic E-state index is 12.9. The Morgan fingerprint density at radius 3 is 2.87 bits per heavy atom. The molecule has 2 aromatic heterocycles. The van der Waals surface area contributed by atoms with Crippen molar-refractivity contribution in [1.82, 2.24) is 9.36 Å². The van der Waals surface area contributed by atoms with Crippen molar-refractivity contribution in [1.29, 1.82) is 0 Å². The Labute approximate surface area is 172 Å². The van der Waals surface area contributed by atoms with Gasteiger partial charge in [-0.1, -0.05) is 24.2 Å². The van der Waals surface area contributed by atoms with Crippen molar-refractivity contribution in [2.45, 2.75) is 32.5 Å². The molecule has 0 spiro atoms. The van der Waals surface area contributed by atoms with E-state index in [1.54, 1.807) is 13.8 Å². The van der Waals surface area contributed by atoms with Crippen LogP contribution in [0, 0.1) is 6.92 Å². The summed E-state index contributed by atoms with van der Waals surface area (Å²) in [6.07, 6.45) is -4.16. The van der Waals surface area contributed by atoms with E-state index in [-0.39, 0.29) is 33.8 Å². The first-order valence-electron chi connectivity index (χ1n) is 8.63. The predicted octanol–water partition coefficient (Wildman–Crippen LogP) is 5.62. The Bertz CT molecular complexity index is 1120. The number of nitrogens with one attached hydrogen (secondary N) is 1. The molecular weight excluding hydrogens is 421 g/mol. The average molecular weight is 436 g/mol. The highest BCUT2D eigenvalue weighted by Gasteiger charge is 2.31. The molecule has 1 amide bonds. The molecule has 12 heteroatoms. The first kappa shape index (κ1) is 21.3. The van der Waals surface area contributed by atoms with E-state index >= 15 is 0 Å². The summed E-state index contributed by atoms with van der Waals surface area (Å²) in [7, 11) is 0. The van der Waals surface area contributed by atoms with Gasteiger partial charge in [0.2, 0.25) is 5.13 Å². The van der Waals surface area contributed by atoms with Gasteiger partial charge in [-0.05, 0) is 30.7 Å². The number of hydrogen-bond acceptors (Lipinski definition) is 6. The highest BCUT2D eigenvalue weighted by molar-refractivity contribution is 7.09. The second kappa shape index (κ2) is 8.56. The Morgan fingerprint density at radius 2 is 2.17 bits per heavy atom. The van der Waals surface area contributed by atoms with Gasteiger partial charge in [0.25, 0.3) is 5.91 Å². The van der Waals surface area contributed by atoms with E-state index in [1.165, 1.54) is 18.2 Å². The Morgan fingerprint density at radius 1 is 1.40 bits per heavy atom. The molecule has 1 N–H and O–H groups in total. The number of carbonyl (C=O) groups is 1. The van der Waals surface area contributed by atoms with Crippen LogP contribution in [0.1, 0.15) is 34.4 Å². The van der Waals surface area contributed by atoms with Crippen molar-refractivity contribution in [2.75, 3.05) is 5.32 Å². The van der Waals surface area contributed by atoms with E-state index in [9.17, 15) is 18.0 Å². The number of amides is 1. The molecule has 8 nitrogen and oxygen atoms in total. The third kappa shape index (κ3) is 4.97. The zero-order valence-electron chi connectivity index (χ0n) is 15.8. The number of aromatic nitrogens is 2. The highest BCUT2D eigenvalue weighted by Crippen LogP contribution is 2.33. The van der Waals surface area contributed by atoms with Crippen molar-refractivity contribution in [3.63, 3.8) is 0 Å². The smallest absolute Gasteiger partial charge is 0.416 e. The minimum absolute atomic E-state index is 0.143. The number of alkyl halides is 3. The van der Waals surface area contributed by atoms with Gasteiger partial charge in [-0.25, -0.2) is 4.98 Å². The van der Waals surface area contributed by atoms with Gasteiger partial charge in [0.05, 0.1) is 11.1 Å². The van der Waals surface area contributed by atoms with Crippen molar-refractivity contribution < 1.29 is 22.4 Å². The van der Waals surface area contributed by atoms with Crippen LogP contribution in [0.4, 0.5) is 18.3 Å². The lowest BCUT2D eigenvalue weighted by Crippen LogP contribution is -2.12.